The molecule has 0 saturated carbocycles. The van der Waals surface area contributed by atoms with Crippen molar-refractivity contribution in [3.8, 4) is 45.7 Å². The molecule has 0 N–H and O–H groups in total. The van der Waals surface area contributed by atoms with E-state index < -0.39 is 0 Å². The average molecular weight is 759 g/mol. The number of nitrogens with zero attached hydrogens (tertiary/aromatic N) is 2. The highest BCUT2D eigenvalue weighted by Gasteiger charge is 2.17. The second kappa shape index (κ2) is 18.1. The third kappa shape index (κ3) is 8.71. The van der Waals surface area contributed by atoms with Gasteiger partial charge in [0.2, 0.25) is 0 Å². The molecule has 0 saturated heterocycles. The number of anilines is 5. The first-order valence-corrected chi connectivity index (χ1v) is 20.1. The predicted octanol–water partition coefficient (Wildman–Crippen LogP) is 15.3. The zero-order chi connectivity index (χ0) is 40.4. The quantitative estimate of drug-likeness (QED) is 0.0904. The summed E-state index contributed by atoms with van der Waals surface area (Å²) >= 11 is 0. The van der Waals surface area contributed by atoms with Crippen molar-refractivity contribution in [3.63, 3.8) is 0 Å². The van der Waals surface area contributed by atoms with Crippen LogP contribution >= 0.6 is 0 Å². The topological polar surface area (TPSA) is 6.48 Å². The predicted molar refractivity (Wildman–Crippen MR) is 252 cm³/mol. The van der Waals surface area contributed by atoms with Crippen molar-refractivity contribution < 1.29 is 0 Å². The van der Waals surface area contributed by atoms with Crippen molar-refractivity contribution in [2.45, 2.75) is 20.3 Å². The molecular weight excluding hydrogens is 713 g/mol. The largest absolute Gasteiger partial charge is 0.311 e. The van der Waals surface area contributed by atoms with Crippen LogP contribution in [0.15, 0.2) is 230 Å². The van der Waals surface area contributed by atoms with Gasteiger partial charge in [-0.05, 0) is 149 Å². The highest BCUT2D eigenvalue weighted by molar-refractivity contribution is 5.83. The van der Waals surface area contributed by atoms with E-state index in [-0.39, 0.29) is 0 Å². The van der Waals surface area contributed by atoms with E-state index in [9.17, 15) is 0 Å². The first kappa shape index (κ1) is 38.3. The van der Waals surface area contributed by atoms with Crippen molar-refractivity contribution >= 4 is 28.4 Å². The number of hydrogen-bond acceptors (Lipinski definition) is 2. The summed E-state index contributed by atoms with van der Waals surface area (Å²) in [6.07, 6.45) is 12.3. The maximum Gasteiger partial charge on any atom is 0.0463 e. The summed E-state index contributed by atoms with van der Waals surface area (Å²) in [7, 11) is 0. The van der Waals surface area contributed by atoms with E-state index in [2.05, 4.69) is 229 Å². The van der Waals surface area contributed by atoms with Gasteiger partial charge in [-0.15, -0.1) is 6.42 Å². The smallest absolute Gasteiger partial charge is 0.0463 e. The van der Waals surface area contributed by atoms with Crippen molar-refractivity contribution in [1.82, 2.24) is 0 Å². The summed E-state index contributed by atoms with van der Waals surface area (Å²) < 4.78 is 0. The minimum atomic E-state index is 0.891. The number of allylic oxidation sites excluding steroid dienone is 3. The van der Waals surface area contributed by atoms with Crippen LogP contribution in [0.1, 0.15) is 23.6 Å². The van der Waals surface area contributed by atoms with Crippen molar-refractivity contribution in [2.75, 3.05) is 9.80 Å². The molecule has 0 aliphatic heterocycles. The lowest BCUT2D eigenvalue weighted by atomic mass is 9.90. The fourth-order valence-corrected chi connectivity index (χ4v) is 7.74. The Morgan fingerprint density at radius 2 is 0.966 bits per heavy atom. The molecule has 0 heterocycles. The van der Waals surface area contributed by atoms with Gasteiger partial charge in [0.1, 0.15) is 0 Å². The SMILES string of the molecule is C#C/C=C\C(=C/C)N(c1ccccc1)c1ccc(N(c2ccc(-c3ccccc3)cc2)c2ccc(-c3ccc(C)c(-c4ccccc4Cc4ccccc4)c3)cc2)cc1. The Hall–Kier alpha value is -7.60. The highest BCUT2D eigenvalue weighted by Crippen LogP contribution is 2.40. The monoisotopic (exact) mass is 758 g/mol. The third-order valence-electron chi connectivity index (χ3n) is 10.8. The lowest BCUT2D eigenvalue weighted by molar-refractivity contribution is 1.19. The van der Waals surface area contributed by atoms with E-state index >= 15 is 0 Å². The van der Waals surface area contributed by atoms with Crippen LogP contribution in [0.3, 0.4) is 0 Å². The molecule has 2 nitrogen and oxygen atoms in total. The van der Waals surface area contributed by atoms with Gasteiger partial charge in [-0.2, -0.15) is 0 Å². The Morgan fingerprint density at radius 1 is 0.492 bits per heavy atom. The van der Waals surface area contributed by atoms with Gasteiger partial charge >= 0.3 is 0 Å². The molecule has 8 rings (SSSR count). The van der Waals surface area contributed by atoms with E-state index in [1.54, 1.807) is 6.08 Å². The number of terminal acetylenes is 1. The number of hydrogen-bond donors (Lipinski definition) is 0. The fraction of sp³-hybridized carbons (Fsp3) is 0.0526. The average Bonchev–Trinajstić information content (AvgIpc) is 3.30. The minimum absolute atomic E-state index is 0.891. The van der Waals surface area contributed by atoms with Crippen LogP contribution < -0.4 is 9.80 Å². The lowest BCUT2D eigenvalue weighted by Crippen LogP contribution is -2.15. The summed E-state index contributed by atoms with van der Waals surface area (Å²) in [6, 6.07) is 73.8. The summed E-state index contributed by atoms with van der Waals surface area (Å²) in [5, 5.41) is 0. The van der Waals surface area contributed by atoms with E-state index in [1.165, 1.54) is 50.1 Å². The number of benzene rings is 8. The first-order valence-electron chi connectivity index (χ1n) is 20.1. The molecule has 0 bridgehead atoms. The zero-order valence-electron chi connectivity index (χ0n) is 33.5. The van der Waals surface area contributed by atoms with Crippen LogP contribution in [-0.2, 0) is 6.42 Å². The number of rotatable bonds is 12. The van der Waals surface area contributed by atoms with Crippen molar-refractivity contribution in [2.24, 2.45) is 0 Å². The molecule has 2 heteroatoms. The molecule has 284 valence electrons. The van der Waals surface area contributed by atoms with Gasteiger partial charge in [0, 0.05) is 34.1 Å². The van der Waals surface area contributed by atoms with E-state index in [4.69, 9.17) is 6.42 Å². The summed E-state index contributed by atoms with van der Waals surface area (Å²) in [6.45, 7) is 4.24. The Kier molecular flexibility index (Phi) is 11.8. The molecule has 0 fully saturated rings. The molecule has 8 aromatic rings. The fourth-order valence-electron chi connectivity index (χ4n) is 7.74. The molecule has 0 spiro atoms. The van der Waals surface area contributed by atoms with Gasteiger partial charge < -0.3 is 9.80 Å². The Balaban J connectivity index is 1.16. The lowest BCUT2D eigenvalue weighted by Gasteiger charge is -2.29. The van der Waals surface area contributed by atoms with Crippen LogP contribution in [0.4, 0.5) is 28.4 Å². The Morgan fingerprint density at radius 3 is 1.58 bits per heavy atom. The van der Waals surface area contributed by atoms with Gasteiger partial charge in [0.05, 0.1) is 0 Å². The summed E-state index contributed by atoms with van der Waals surface area (Å²) in [4.78, 5) is 4.55. The second-order valence-corrected chi connectivity index (χ2v) is 14.5. The van der Waals surface area contributed by atoms with Crippen molar-refractivity contribution in [1.29, 1.82) is 0 Å². The van der Waals surface area contributed by atoms with Gasteiger partial charge in [0.25, 0.3) is 0 Å². The van der Waals surface area contributed by atoms with Gasteiger partial charge in [-0.25, -0.2) is 0 Å². The standard InChI is InChI=1S/C57H46N2/c1-4-6-23-50(5-2)58(51-24-14-9-15-25-51)54-37-39-55(40-38-54)59(52-33-29-46(30-34-52)45-20-12-8-13-21-45)53-35-31-47(32-36-53)48-28-27-43(3)57(42-48)56-26-17-16-22-49(56)41-44-18-10-7-11-19-44/h1,5-40,42H,41H2,2-3H3/b23-6-,50-5+. The van der Waals surface area contributed by atoms with Crippen LogP contribution in [0.2, 0.25) is 0 Å². The zero-order valence-corrected chi connectivity index (χ0v) is 33.5. The molecule has 8 aromatic carbocycles. The van der Waals surface area contributed by atoms with Crippen LogP contribution in [0.25, 0.3) is 33.4 Å². The maximum atomic E-state index is 5.63. The molecule has 0 aliphatic carbocycles. The highest BCUT2D eigenvalue weighted by atomic mass is 15.2. The summed E-state index contributed by atoms with van der Waals surface area (Å²) in [5.74, 6) is 2.65. The molecule has 59 heavy (non-hydrogen) atoms. The van der Waals surface area contributed by atoms with Gasteiger partial charge in [0.15, 0.2) is 0 Å². The molecule has 0 amide bonds. The first-order chi connectivity index (χ1) is 29.1. The summed E-state index contributed by atoms with van der Waals surface area (Å²) in [5.41, 5.74) is 17.4. The van der Waals surface area contributed by atoms with Crippen molar-refractivity contribution in [3.05, 3.63) is 247 Å². The number of para-hydroxylation sites is 1. The number of aryl methyl sites for hydroxylation is 1. The third-order valence-corrected chi connectivity index (χ3v) is 10.8. The van der Waals surface area contributed by atoms with E-state index in [1.807, 2.05) is 19.1 Å². The van der Waals surface area contributed by atoms with E-state index in [0.29, 0.717) is 0 Å². The minimum Gasteiger partial charge on any atom is -0.311 e. The molecule has 0 aliphatic rings. The molecule has 0 atom stereocenters. The van der Waals surface area contributed by atoms with Crippen LogP contribution in [0, 0.1) is 19.3 Å². The normalized spacial score (nSPS) is 11.3. The maximum absolute atomic E-state index is 5.63. The Bertz CT molecular complexity index is 2720. The molecule has 0 radical (unpaired) electrons. The molecule has 0 unspecified atom stereocenters. The van der Waals surface area contributed by atoms with E-state index in [0.717, 1.165) is 40.6 Å². The molecule has 0 aromatic heterocycles. The van der Waals surface area contributed by atoms with Gasteiger partial charge in [-0.3, -0.25) is 0 Å². The second-order valence-electron chi connectivity index (χ2n) is 14.5. The van der Waals surface area contributed by atoms with Crippen LogP contribution in [-0.4, -0.2) is 0 Å². The van der Waals surface area contributed by atoms with Crippen LogP contribution in [0.5, 0.6) is 0 Å². The van der Waals surface area contributed by atoms with Gasteiger partial charge in [-0.1, -0.05) is 152 Å². The molecular formula is C57H46N2. The Labute approximate surface area is 349 Å².